The summed E-state index contributed by atoms with van der Waals surface area (Å²) in [5, 5.41) is 0. The number of pyridine rings is 1. The zero-order valence-corrected chi connectivity index (χ0v) is 19.9. The van der Waals surface area contributed by atoms with E-state index in [0.717, 1.165) is 35.4 Å². The van der Waals surface area contributed by atoms with Crippen LogP contribution < -0.4 is 14.2 Å². The Balaban J connectivity index is 1.39. The number of ether oxygens (including phenoxy) is 3. The molecule has 34 heavy (non-hydrogen) atoms. The van der Waals surface area contributed by atoms with Gasteiger partial charge in [-0.2, -0.15) is 0 Å². The minimum Gasteiger partial charge on any atom is -0.496 e. The van der Waals surface area contributed by atoms with Gasteiger partial charge >= 0.3 is 0 Å². The maximum atomic E-state index is 13.2. The lowest BCUT2D eigenvalue weighted by molar-refractivity contribution is -0.132. The SMILES string of the molecule is COc1ccccc1CCC(=O)N(Cc1ccc(OC)c(OCCc2ccccn2)c1)C1CC1. The number of carbonyl (C=O) groups is 1. The Morgan fingerprint density at radius 2 is 1.74 bits per heavy atom. The lowest BCUT2D eigenvalue weighted by Crippen LogP contribution is -2.32. The van der Waals surface area contributed by atoms with Crippen molar-refractivity contribution in [1.29, 1.82) is 0 Å². The van der Waals surface area contributed by atoms with Crippen molar-refractivity contribution in [2.75, 3.05) is 20.8 Å². The summed E-state index contributed by atoms with van der Waals surface area (Å²) in [5.41, 5.74) is 3.08. The fourth-order valence-corrected chi connectivity index (χ4v) is 4.04. The standard InChI is InChI=1S/C28H32N2O4/c1-32-25-9-4-3-7-22(25)11-15-28(31)30(24-12-13-24)20-21-10-14-26(33-2)27(19-21)34-18-16-23-8-5-6-17-29-23/h3-10,14,17,19,24H,11-13,15-16,18,20H2,1-2H3. The van der Waals surface area contributed by atoms with E-state index < -0.39 is 0 Å². The van der Waals surface area contributed by atoms with Crippen LogP contribution in [0.2, 0.25) is 0 Å². The average molecular weight is 461 g/mol. The van der Waals surface area contributed by atoms with E-state index in [2.05, 4.69) is 4.98 Å². The van der Waals surface area contributed by atoms with Gasteiger partial charge in [0.05, 0.1) is 20.8 Å². The molecule has 1 saturated carbocycles. The van der Waals surface area contributed by atoms with E-state index in [1.807, 2.05) is 65.6 Å². The van der Waals surface area contributed by atoms with E-state index in [9.17, 15) is 4.79 Å². The molecule has 1 fully saturated rings. The molecule has 1 aliphatic rings. The topological polar surface area (TPSA) is 60.9 Å². The van der Waals surface area contributed by atoms with Gasteiger partial charge in [-0.1, -0.05) is 30.3 Å². The van der Waals surface area contributed by atoms with Gasteiger partial charge in [0.25, 0.3) is 0 Å². The third-order valence-corrected chi connectivity index (χ3v) is 6.03. The Morgan fingerprint density at radius 3 is 2.47 bits per heavy atom. The summed E-state index contributed by atoms with van der Waals surface area (Å²) in [5.74, 6) is 2.37. The van der Waals surface area contributed by atoms with Crippen molar-refractivity contribution in [2.24, 2.45) is 0 Å². The van der Waals surface area contributed by atoms with Gasteiger partial charge in [-0.05, 0) is 60.7 Å². The summed E-state index contributed by atoms with van der Waals surface area (Å²) in [6.45, 7) is 1.07. The molecule has 1 amide bonds. The van der Waals surface area contributed by atoms with Crippen molar-refractivity contribution in [1.82, 2.24) is 9.88 Å². The fourth-order valence-electron chi connectivity index (χ4n) is 4.04. The summed E-state index contributed by atoms with van der Waals surface area (Å²) in [6.07, 6.45) is 5.74. The molecule has 4 rings (SSSR count). The average Bonchev–Trinajstić information content (AvgIpc) is 3.72. The molecule has 3 aromatic rings. The lowest BCUT2D eigenvalue weighted by Gasteiger charge is -2.23. The number of hydrogen-bond acceptors (Lipinski definition) is 5. The van der Waals surface area contributed by atoms with Gasteiger partial charge in [-0.25, -0.2) is 0 Å². The number of carbonyl (C=O) groups excluding carboxylic acids is 1. The van der Waals surface area contributed by atoms with Gasteiger partial charge < -0.3 is 19.1 Å². The number of methoxy groups -OCH3 is 2. The molecule has 0 atom stereocenters. The molecule has 178 valence electrons. The number of amides is 1. The van der Waals surface area contributed by atoms with E-state index >= 15 is 0 Å². The van der Waals surface area contributed by atoms with E-state index in [4.69, 9.17) is 14.2 Å². The quantitative estimate of drug-likeness (QED) is 0.387. The molecule has 0 aliphatic heterocycles. The third-order valence-electron chi connectivity index (χ3n) is 6.03. The number of nitrogens with zero attached hydrogens (tertiary/aromatic N) is 2. The number of rotatable bonds is 12. The fraction of sp³-hybridized carbons (Fsp3) is 0.357. The van der Waals surface area contributed by atoms with Crippen LogP contribution in [-0.4, -0.2) is 42.7 Å². The molecule has 0 bridgehead atoms. The predicted octanol–water partition coefficient (Wildman–Crippen LogP) is 4.84. The molecule has 1 heterocycles. The predicted molar refractivity (Wildman–Crippen MR) is 131 cm³/mol. The maximum absolute atomic E-state index is 13.2. The van der Waals surface area contributed by atoms with Gasteiger partial charge in [0, 0.05) is 37.3 Å². The van der Waals surface area contributed by atoms with E-state index in [0.29, 0.717) is 50.0 Å². The molecule has 2 aromatic carbocycles. The minimum absolute atomic E-state index is 0.168. The molecular formula is C28H32N2O4. The van der Waals surface area contributed by atoms with Crippen LogP contribution >= 0.6 is 0 Å². The van der Waals surface area contributed by atoms with E-state index in [1.165, 1.54) is 0 Å². The summed E-state index contributed by atoms with van der Waals surface area (Å²) < 4.78 is 17.0. The monoisotopic (exact) mass is 460 g/mol. The summed E-state index contributed by atoms with van der Waals surface area (Å²) in [7, 11) is 3.30. The Kier molecular flexibility index (Phi) is 8.02. The highest BCUT2D eigenvalue weighted by molar-refractivity contribution is 5.77. The van der Waals surface area contributed by atoms with Crippen LogP contribution in [0, 0.1) is 0 Å². The van der Waals surface area contributed by atoms with Crippen LogP contribution in [0.25, 0.3) is 0 Å². The third kappa shape index (κ3) is 6.28. The number of aryl methyl sites for hydroxylation is 1. The second-order valence-corrected chi connectivity index (χ2v) is 8.47. The van der Waals surface area contributed by atoms with E-state index in [1.54, 1.807) is 20.4 Å². The normalized spacial score (nSPS) is 12.8. The van der Waals surface area contributed by atoms with Crippen LogP contribution in [0.3, 0.4) is 0 Å². The van der Waals surface area contributed by atoms with Crippen molar-refractivity contribution in [3.05, 3.63) is 83.7 Å². The minimum atomic E-state index is 0.168. The van der Waals surface area contributed by atoms with Crippen molar-refractivity contribution >= 4 is 5.91 Å². The Bertz CT molecular complexity index is 1080. The first-order chi connectivity index (χ1) is 16.7. The maximum Gasteiger partial charge on any atom is 0.223 e. The van der Waals surface area contributed by atoms with Gasteiger partial charge in [0.15, 0.2) is 11.5 Å². The molecule has 0 saturated heterocycles. The summed E-state index contributed by atoms with van der Waals surface area (Å²) in [4.78, 5) is 19.5. The number of benzene rings is 2. The second kappa shape index (κ2) is 11.5. The first-order valence-corrected chi connectivity index (χ1v) is 11.8. The van der Waals surface area contributed by atoms with E-state index in [-0.39, 0.29) is 5.91 Å². The number of para-hydroxylation sites is 1. The number of aromatic nitrogens is 1. The molecular weight excluding hydrogens is 428 g/mol. The second-order valence-electron chi connectivity index (χ2n) is 8.47. The molecule has 0 unspecified atom stereocenters. The highest BCUT2D eigenvalue weighted by atomic mass is 16.5. The summed E-state index contributed by atoms with van der Waals surface area (Å²) >= 11 is 0. The first-order valence-electron chi connectivity index (χ1n) is 11.8. The molecule has 0 N–H and O–H groups in total. The Labute approximate surface area is 201 Å². The van der Waals surface area contributed by atoms with Crippen molar-refractivity contribution < 1.29 is 19.0 Å². The highest BCUT2D eigenvalue weighted by Gasteiger charge is 2.32. The van der Waals surface area contributed by atoms with Crippen LogP contribution in [0.1, 0.15) is 36.1 Å². The Morgan fingerprint density at radius 1 is 0.941 bits per heavy atom. The van der Waals surface area contributed by atoms with Gasteiger partial charge in [-0.3, -0.25) is 9.78 Å². The molecule has 6 heteroatoms. The largest absolute Gasteiger partial charge is 0.496 e. The molecule has 0 radical (unpaired) electrons. The zero-order chi connectivity index (χ0) is 23.8. The van der Waals surface area contributed by atoms with Crippen molar-refractivity contribution in [3.63, 3.8) is 0 Å². The van der Waals surface area contributed by atoms with Crippen LogP contribution in [-0.2, 0) is 24.2 Å². The van der Waals surface area contributed by atoms with Gasteiger partial charge in [0.2, 0.25) is 5.91 Å². The molecule has 1 aliphatic carbocycles. The smallest absolute Gasteiger partial charge is 0.223 e. The Hall–Kier alpha value is -3.54. The van der Waals surface area contributed by atoms with Gasteiger partial charge in [0.1, 0.15) is 5.75 Å². The summed E-state index contributed by atoms with van der Waals surface area (Å²) in [6, 6.07) is 20.0. The van der Waals surface area contributed by atoms with Crippen molar-refractivity contribution in [2.45, 2.75) is 44.7 Å². The molecule has 6 nitrogen and oxygen atoms in total. The zero-order valence-electron chi connectivity index (χ0n) is 19.9. The molecule has 1 aromatic heterocycles. The first kappa shape index (κ1) is 23.6. The molecule has 0 spiro atoms. The lowest BCUT2D eigenvalue weighted by atomic mass is 10.1. The van der Waals surface area contributed by atoms with Crippen molar-refractivity contribution in [3.8, 4) is 17.2 Å². The highest BCUT2D eigenvalue weighted by Crippen LogP contribution is 2.33. The van der Waals surface area contributed by atoms with Crippen LogP contribution in [0.4, 0.5) is 0 Å². The van der Waals surface area contributed by atoms with Crippen LogP contribution in [0.15, 0.2) is 66.9 Å². The van der Waals surface area contributed by atoms with Gasteiger partial charge in [-0.15, -0.1) is 0 Å². The van der Waals surface area contributed by atoms with Crippen LogP contribution in [0.5, 0.6) is 17.2 Å². The number of hydrogen-bond donors (Lipinski definition) is 0.